The Balaban J connectivity index is 2.22. The van der Waals surface area contributed by atoms with Gasteiger partial charge in [-0.3, -0.25) is 4.79 Å². The molecule has 1 rings (SSSR count). The van der Waals surface area contributed by atoms with Gasteiger partial charge in [-0.15, -0.1) is 6.58 Å². The van der Waals surface area contributed by atoms with E-state index < -0.39 is 0 Å². The lowest BCUT2D eigenvalue weighted by Gasteiger charge is -2.13. The molecule has 0 saturated heterocycles. The van der Waals surface area contributed by atoms with Gasteiger partial charge in [0.15, 0.2) is 0 Å². The summed E-state index contributed by atoms with van der Waals surface area (Å²) in [6, 6.07) is 10.1. The van der Waals surface area contributed by atoms with Crippen molar-refractivity contribution in [3.8, 4) is 0 Å². The summed E-state index contributed by atoms with van der Waals surface area (Å²) in [7, 11) is 0. The average molecular weight is 232 g/mol. The molecule has 92 valence electrons. The SMILES string of the molecule is C=CCNC(=O)C(C)NCCc1ccccc1. The van der Waals surface area contributed by atoms with E-state index in [-0.39, 0.29) is 11.9 Å². The van der Waals surface area contributed by atoms with E-state index in [1.54, 1.807) is 6.08 Å². The second-order valence-corrected chi connectivity index (χ2v) is 3.95. The van der Waals surface area contributed by atoms with Gasteiger partial charge in [-0.05, 0) is 25.5 Å². The number of nitrogens with one attached hydrogen (secondary N) is 2. The highest BCUT2D eigenvalue weighted by molar-refractivity contribution is 5.81. The second kappa shape index (κ2) is 7.63. The molecule has 0 aliphatic carbocycles. The number of amides is 1. The Hall–Kier alpha value is -1.61. The molecule has 0 aliphatic rings. The maximum absolute atomic E-state index is 11.5. The van der Waals surface area contributed by atoms with Gasteiger partial charge in [0, 0.05) is 6.54 Å². The van der Waals surface area contributed by atoms with Gasteiger partial charge in [0.1, 0.15) is 0 Å². The van der Waals surface area contributed by atoms with Gasteiger partial charge in [-0.2, -0.15) is 0 Å². The fraction of sp³-hybridized carbons (Fsp3) is 0.357. The molecule has 1 unspecified atom stereocenters. The van der Waals surface area contributed by atoms with Gasteiger partial charge in [-0.1, -0.05) is 36.4 Å². The lowest BCUT2D eigenvalue weighted by molar-refractivity contribution is -0.122. The van der Waals surface area contributed by atoms with Crippen LogP contribution in [0.25, 0.3) is 0 Å². The van der Waals surface area contributed by atoms with Crippen LogP contribution < -0.4 is 10.6 Å². The van der Waals surface area contributed by atoms with Crippen molar-refractivity contribution < 1.29 is 4.79 Å². The third-order valence-electron chi connectivity index (χ3n) is 2.52. The zero-order valence-electron chi connectivity index (χ0n) is 10.3. The molecule has 2 N–H and O–H groups in total. The second-order valence-electron chi connectivity index (χ2n) is 3.95. The van der Waals surface area contributed by atoms with Crippen LogP contribution in [-0.4, -0.2) is 25.0 Å². The Kier molecular flexibility index (Phi) is 6.04. The number of hydrogen-bond acceptors (Lipinski definition) is 2. The van der Waals surface area contributed by atoms with Gasteiger partial charge in [-0.25, -0.2) is 0 Å². The molecule has 0 radical (unpaired) electrons. The molecule has 0 bridgehead atoms. The largest absolute Gasteiger partial charge is 0.351 e. The van der Waals surface area contributed by atoms with Crippen molar-refractivity contribution >= 4 is 5.91 Å². The Morgan fingerprint density at radius 1 is 1.41 bits per heavy atom. The van der Waals surface area contributed by atoms with Gasteiger partial charge < -0.3 is 10.6 Å². The predicted molar refractivity (Wildman–Crippen MR) is 70.8 cm³/mol. The smallest absolute Gasteiger partial charge is 0.237 e. The standard InChI is InChI=1S/C14H20N2O/c1-3-10-16-14(17)12(2)15-11-9-13-7-5-4-6-8-13/h3-8,12,15H,1,9-11H2,2H3,(H,16,17). The number of hydrogen-bond donors (Lipinski definition) is 2. The van der Waals surface area contributed by atoms with Crippen LogP contribution >= 0.6 is 0 Å². The van der Waals surface area contributed by atoms with E-state index in [0.29, 0.717) is 6.54 Å². The van der Waals surface area contributed by atoms with Crippen LogP contribution in [0.4, 0.5) is 0 Å². The fourth-order valence-corrected chi connectivity index (χ4v) is 1.50. The summed E-state index contributed by atoms with van der Waals surface area (Å²) in [5.41, 5.74) is 1.28. The minimum Gasteiger partial charge on any atom is -0.351 e. The van der Waals surface area contributed by atoms with Crippen molar-refractivity contribution in [2.24, 2.45) is 0 Å². The number of benzene rings is 1. The first-order valence-corrected chi connectivity index (χ1v) is 5.90. The quantitative estimate of drug-likeness (QED) is 0.700. The van der Waals surface area contributed by atoms with Crippen LogP contribution in [0.15, 0.2) is 43.0 Å². The summed E-state index contributed by atoms with van der Waals surface area (Å²) in [6.07, 6.45) is 2.61. The summed E-state index contributed by atoms with van der Waals surface area (Å²) in [5.74, 6) is 0.0120. The summed E-state index contributed by atoms with van der Waals surface area (Å²) in [4.78, 5) is 11.5. The molecule has 3 nitrogen and oxygen atoms in total. The number of rotatable bonds is 7. The van der Waals surface area contributed by atoms with Crippen molar-refractivity contribution in [1.29, 1.82) is 0 Å². The van der Waals surface area contributed by atoms with Gasteiger partial charge >= 0.3 is 0 Å². The zero-order valence-corrected chi connectivity index (χ0v) is 10.3. The van der Waals surface area contributed by atoms with Crippen molar-refractivity contribution in [3.63, 3.8) is 0 Å². The van der Waals surface area contributed by atoms with E-state index >= 15 is 0 Å². The monoisotopic (exact) mass is 232 g/mol. The minimum atomic E-state index is -0.168. The first-order valence-electron chi connectivity index (χ1n) is 5.90. The van der Waals surface area contributed by atoms with Crippen molar-refractivity contribution in [2.45, 2.75) is 19.4 Å². The Morgan fingerprint density at radius 3 is 2.76 bits per heavy atom. The fourth-order valence-electron chi connectivity index (χ4n) is 1.50. The van der Waals surface area contributed by atoms with Crippen LogP contribution in [0.3, 0.4) is 0 Å². The summed E-state index contributed by atoms with van der Waals surface area (Å²) >= 11 is 0. The van der Waals surface area contributed by atoms with Gasteiger partial charge in [0.05, 0.1) is 6.04 Å². The highest BCUT2D eigenvalue weighted by Gasteiger charge is 2.09. The number of carbonyl (C=O) groups excluding carboxylic acids is 1. The molecule has 1 amide bonds. The van der Waals surface area contributed by atoms with Crippen molar-refractivity contribution in [3.05, 3.63) is 48.6 Å². The van der Waals surface area contributed by atoms with Crippen LogP contribution in [0.2, 0.25) is 0 Å². The molecule has 3 heteroatoms. The minimum absolute atomic E-state index is 0.0120. The molecule has 0 aromatic heterocycles. The molecule has 0 saturated carbocycles. The molecule has 0 fully saturated rings. The molecule has 0 aliphatic heterocycles. The molecule has 1 aromatic rings. The highest BCUT2D eigenvalue weighted by atomic mass is 16.2. The summed E-state index contributed by atoms with van der Waals surface area (Å²) < 4.78 is 0. The van der Waals surface area contributed by atoms with E-state index in [1.807, 2.05) is 25.1 Å². The summed E-state index contributed by atoms with van der Waals surface area (Å²) in [6.45, 7) is 6.74. The normalized spacial score (nSPS) is 11.8. The summed E-state index contributed by atoms with van der Waals surface area (Å²) in [5, 5.41) is 5.95. The third-order valence-corrected chi connectivity index (χ3v) is 2.52. The van der Waals surface area contributed by atoms with E-state index in [2.05, 4.69) is 29.3 Å². The first kappa shape index (κ1) is 13.5. The number of carbonyl (C=O) groups is 1. The van der Waals surface area contributed by atoms with E-state index in [0.717, 1.165) is 13.0 Å². The molecule has 1 aromatic carbocycles. The highest BCUT2D eigenvalue weighted by Crippen LogP contribution is 1.98. The molecule has 0 heterocycles. The Morgan fingerprint density at radius 2 is 2.12 bits per heavy atom. The Bertz CT molecular complexity index is 348. The van der Waals surface area contributed by atoms with Crippen LogP contribution in [0, 0.1) is 0 Å². The third kappa shape index (κ3) is 5.31. The van der Waals surface area contributed by atoms with Gasteiger partial charge in [0.2, 0.25) is 5.91 Å². The molecular weight excluding hydrogens is 212 g/mol. The molecule has 1 atom stereocenters. The van der Waals surface area contributed by atoms with Crippen LogP contribution in [0.5, 0.6) is 0 Å². The first-order chi connectivity index (χ1) is 8.24. The lowest BCUT2D eigenvalue weighted by Crippen LogP contribution is -2.42. The Labute approximate surface area is 103 Å². The molecule has 17 heavy (non-hydrogen) atoms. The van der Waals surface area contributed by atoms with Crippen molar-refractivity contribution in [2.75, 3.05) is 13.1 Å². The predicted octanol–water partition coefficient (Wildman–Crippen LogP) is 1.51. The van der Waals surface area contributed by atoms with E-state index in [9.17, 15) is 4.79 Å². The van der Waals surface area contributed by atoms with E-state index in [4.69, 9.17) is 0 Å². The topological polar surface area (TPSA) is 41.1 Å². The van der Waals surface area contributed by atoms with E-state index in [1.165, 1.54) is 5.56 Å². The zero-order chi connectivity index (χ0) is 12.5. The lowest BCUT2D eigenvalue weighted by atomic mass is 10.1. The van der Waals surface area contributed by atoms with Gasteiger partial charge in [0.25, 0.3) is 0 Å². The maximum atomic E-state index is 11.5. The maximum Gasteiger partial charge on any atom is 0.237 e. The molecular formula is C14H20N2O. The average Bonchev–Trinajstić information content (AvgIpc) is 2.37. The van der Waals surface area contributed by atoms with Crippen LogP contribution in [0.1, 0.15) is 12.5 Å². The van der Waals surface area contributed by atoms with Crippen molar-refractivity contribution in [1.82, 2.24) is 10.6 Å². The molecule has 0 spiro atoms. The van der Waals surface area contributed by atoms with Crippen LogP contribution in [-0.2, 0) is 11.2 Å².